The molecule has 0 spiro atoms. The van der Waals surface area contributed by atoms with Gasteiger partial charge in [0.15, 0.2) is 0 Å². The average Bonchev–Trinajstić information content (AvgIpc) is 3.39. The second kappa shape index (κ2) is 6.84. The maximum atomic E-state index is 12.5. The molecule has 130 valence electrons. The molecular formula is C20H18N4O2. The largest absolute Gasteiger partial charge is 0.326 e. The van der Waals surface area contributed by atoms with Crippen LogP contribution >= 0.6 is 0 Å². The highest BCUT2D eigenvalue weighted by Crippen LogP contribution is 2.30. The summed E-state index contributed by atoms with van der Waals surface area (Å²) in [6.45, 7) is 0. The smallest absolute Gasteiger partial charge is 0.258 e. The van der Waals surface area contributed by atoms with Gasteiger partial charge in [0.1, 0.15) is 0 Å². The average molecular weight is 346 g/mol. The lowest BCUT2D eigenvalue weighted by Crippen LogP contribution is -2.14. The molecule has 6 nitrogen and oxygen atoms in total. The molecule has 1 aliphatic carbocycles. The monoisotopic (exact) mass is 346 g/mol. The zero-order valence-corrected chi connectivity index (χ0v) is 14.1. The van der Waals surface area contributed by atoms with E-state index in [1.54, 1.807) is 29.1 Å². The molecule has 0 unspecified atom stereocenters. The molecule has 1 heterocycles. The molecule has 1 aromatic heterocycles. The lowest BCUT2D eigenvalue weighted by atomic mass is 10.2. The molecule has 0 bridgehead atoms. The molecule has 1 fully saturated rings. The van der Waals surface area contributed by atoms with Crippen molar-refractivity contribution in [1.29, 1.82) is 0 Å². The first kappa shape index (κ1) is 16.1. The number of carbonyl (C=O) groups is 2. The van der Waals surface area contributed by atoms with Crippen molar-refractivity contribution < 1.29 is 9.59 Å². The molecule has 2 amide bonds. The van der Waals surface area contributed by atoms with Crippen LogP contribution in [0.15, 0.2) is 67.0 Å². The molecule has 26 heavy (non-hydrogen) atoms. The fraction of sp³-hybridized carbons (Fsp3) is 0.150. The van der Waals surface area contributed by atoms with Gasteiger partial charge in [0.2, 0.25) is 5.91 Å². The Bertz CT molecular complexity index is 945. The number of anilines is 2. The summed E-state index contributed by atoms with van der Waals surface area (Å²) in [4.78, 5) is 24.3. The Kier molecular flexibility index (Phi) is 4.23. The summed E-state index contributed by atoms with van der Waals surface area (Å²) in [6, 6.07) is 16.7. The fourth-order valence-electron chi connectivity index (χ4n) is 2.63. The summed E-state index contributed by atoms with van der Waals surface area (Å²) in [6.07, 6.45) is 5.12. The van der Waals surface area contributed by atoms with Crippen LogP contribution in [-0.2, 0) is 4.79 Å². The Morgan fingerprint density at radius 2 is 1.69 bits per heavy atom. The lowest BCUT2D eigenvalue weighted by molar-refractivity contribution is -0.117. The highest BCUT2D eigenvalue weighted by Gasteiger charge is 2.29. The van der Waals surface area contributed by atoms with Crippen LogP contribution < -0.4 is 10.6 Å². The Hall–Kier alpha value is -3.41. The van der Waals surface area contributed by atoms with Gasteiger partial charge in [0.25, 0.3) is 5.91 Å². The van der Waals surface area contributed by atoms with Gasteiger partial charge < -0.3 is 10.6 Å². The maximum Gasteiger partial charge on any atom is 0.258 e. The van der Waals surface area contributed by atoms with E-state index < -0.39 is 0 Å². The minimum absolute atomic E-state index is 0.0395. The third kappa shape index (κ3) is 3.64. The number of rotatable bonds is 5. The molecule has 0 aliphatic heterocycles. The first-order chi connectivity index (χ1) is 12.7. The lowest BCUT2D eigenvalue weighted by Gasteiger charge is -2.08. The number of amides is 2. The normalized spacial score (nSPS) is 13.2. The van der Waals surface area contributed by atoms with E-state index in [1.807, 2.05) is 36.4 Å². The molecule has 2 aromatic carbocycles. The van der Waals surface area contributed by atoms with Crippen LogP contribution in [0.5, 0.6) is 0 Å². The topological polar surface area (TPSA) is 76.0 Å². The molecule has 0 saturated heterocycles. The number of nitrogens with one attached hydrogen (secondary N) is 2. The Morgan fingerprint density at radius 1 is 0.962 bits per heavy atom. The van der Waals surface area contributed by atoms with Crippen molar-refractivity contribution in [2.24, 2.45) is 5.92 Å². The van der Waals surface area contributed by atoms with Crippen LogP contribution in [0.1, 0.15) is 23.2 Å². The van der Waals surface area contributed by atoms with Crippen molar-refractivity contribution in [1.82, 2.24) is 9.78 Å². The molecule has 1 saturated carbocycles. The quantitative estimate of drug-likeness (QED) is 0.743. The van der Waals surface area contributed by atoms with E-state index in [-0.39, 0.29) is 17.7 Å². The molecular weight excluding hydrogens is 328 g/mol. The number of hydrogen-bond acceptors (Lipinski definition) is 3. The van der Waals surface area contributed by atoms with Gasteiger partial charge in [-0.15, -0.1) is 0 Å². The third-order valence-electron chi connectivity index (χ3n) is 4.20. The molecule has 0 atom stereocenters. The zero-order chi connectivity index (χ0) is 17.9. The number of aromatic nitrogens is 2. The van der Waals surface area contributed by atoms with Gasteiger partial charge >= 0.3 is 0 Å². The molecule has 6 heteroatoms. The number of carbonyl (C=O) groups excluding carboxylic acids is 2. The number of para-hydroxylation sites is 1. The Morgan fingerprint density at radius 3 is 2.42 bits per heavy atom. The van der Waals surface area contributed by atoms with Crippen molar-refractivity contribution in [3.63, 3.8) is 0 Å². The van der Waals surface area contributed by atoms with E-state index >= 15 is 0 Å². The van der Waals surface area contributed by atoms with Crippen molar-refractivity contribution in [3.8, 4) is 5.69 Å². The van der Waals surface area contributed by atoms with Crippen LogP contribution in [0.2, 0.25) is 0 Å². The van der Waals surface area contributed by atoms with Gasteiger partial charge in [-0.2, -0.15) is 5.10 Å². The van der Waals surface area contributed by atoms with Gasteiger partial charge in [-0.05, 0) is 43.2 Å². The summed E-state index contributed by atoms with van der Waals surface area (Å²) in [5, 5.41) is 9.95. The second-order valence-electron chi connectivity index (χ2n) is 6.31. The van der Waals surface area contributed by atoms with Crippen LogP contribution in [0.25, 0.3) is 5.69 Å². The number of nitrogens with zero attached hydrogens (tertiary/aromatic N) is 2. The Balaban J connectivity index is 1.45. The predicted octanol–water partition coefficient (Wildman–Crippen LogP) is 3.47. The fourth-order valence-corrected chi connectivity index (χ4v) is 2.63. The highest BCUT2D eigenvalue weighted by molar-refractivity contribution is 6.04. The first-order valence-electron chi connectivity index (χ1n) is 8.51. The van der Waals surface area contributed by atoms with Crippen molar-refractivity contribution in [3.05, 3.63) is 72.6 Å². The minimum atomic E-state index is -0.252. The standard InChI is InChI=1S/C20H18N4O2/c25-19(14-9-10-14)22-16-5-4-6-17(11-16)23-20(26)15-12-21-24(13-15)18-7-2-1-3-8-18/h1-8,11-14H,9-10H2,(H,22,25)(H,23,26). The van der Waals surface area contributed by atoms with E-state index in [2.05, 4.69) is 15.7 Å². The summed E-state index contributed by atoms with van der Waals surface area (Å²) < 4.78 is 1.65. The Labute approximate surface area is 150 Å². The van der Waals surface area contributed by atoms with E-state index in [4.69, 9.17) is 0 Å². The molecule has 4 rings (SSSR count). The van der Waals surface area contributed by atoms with E-state index in [0.29, 0.717) is 16.9 Å². The van der Waals surface area contributed by atoms with E-state index in [1.165, 1.54) is 6.20 Å². The van der Waals surface area contributed by atoms with Crippen LogP contribution in [-0.4, -0.2) is 21.6 Å². The highest BCUT2D eigenvalue weighted by atomic mass is 16.2. The molecule has 2 N–H and O–H groups in total. The minimum Gasteiger partial charge on any atom is -0.326 e. The summed E-state index contributed by atoms with van der Waals surface area (Å²) in [7, 11) is 0. The molecule has 0 radical (unpaired) electrons. The van der Waals surface area contributed by atoms with Crippen molar-refractivity contribution in [2.45, 2.75) is 12.8 Å². The van der Waals surface area contributed by atoms with Crippen molar-refractivity contribution >= 4 is 23.2 Å². The number of hydrogen-bond donors (Lipinski definition) is 2. The second-order valence-corrected chi connectivity index (χ2v) is 6.31. The summed E-state index contributed by atoms with van der Waals surface area (Å²) in [5.74, 6) is -0.0764. The van der Waals surface area contributed by atoms with Gasteiger partial charge in [0.05, 0.1) is 17.4 Å². The van der Waals surface area contributed by atoms with Crippen LogP contribution in [0.3, 0.4) is 0 Å². The molecule has 1 aliphatic rings. The van der Waals surface area contributed by atoms with Crippen LogP contribution in [0, 0.1) is 5.92 Å². The van der Waals surface area contributed by atoms with Crippen molar-refractivity contribution in [2.75, 3.05) is 10.6 Å². The van der Waals surface area contributed by atoms with Gasteiger partial charge in [-0.25, -0.2) is 4.68 Å². The summed E-state index contributed by atoms with van der Waals surface area (Å²) in [5.41, 5.74) is 2.65. The van der Waals surface area contributed by atoms with E-state index in [0.717, 1.165) is 18.5 Å². The van der Waals surface area contributed by atoms with Gasteiger partial charge in [0, 0.05) is 23.5 Å². The SMILES string of the molecule is O=C(Nc1cccc(NC(=O)C2CC2)c1)c1cnn(-c2ccccc2)c1. The maximum absolute atomic E-state index is 12.5. The first-order valence-corrected chi connectivity index (χ1v) is 8.51. The third-order valence-corrected chi connectivity index (χ3v) is 4.20. The van der Waals surface area contributed by atoms with Gasteiger partial charge in [-0.1, -0.05) is 24.3 Å². The molecule has 3 aromatic rings. The number of benzene rings is 2. The van der Waals surface area contributed by atoms with E-state index in [9.17, 15) is 9.59 Å². The van der Waals surface area contributed by atoms with Crippen LogP contribution in [0.4, 0.5) is 11.4 Å². The van der Waals surface area contributed by atoms with Gasteiger partial charge in [-0.3, -0.25) is 9.59 Å². The summed E-state index contributed by atoms with van der Waals surface area (Å²) >= 11 is 0. The predicted molar refractivity (Wildman–Crippen MR) is 99.3 cm³/mol. The zero-order valence-electron chi connectivity index (χ0n) is 14.1.